The fraction of sp³-hybridized carbons (Fsp3) is 0.259. The van der Waals surface area contributed by atoms with Gasteiger partial charge in [0.15, 0.2) is 69.9 Å². The molecule has 0 saturated heterocycles. The highest BCUT2D eigenvalue weighted by Crippen LogP contribution is 2.32. The van der Waals surface area contributed by atoms with E-state index in [-0.39, 0.29) is 0 Å². The Balaban J connectivity index is 0.000000143. The predicted molar refractivity (Wildman–Crippen MR) is 506 cm³/mol. The van der Waals surface area contributed by atoms with Crippen LogP contribution in [-0.2, 0) is 12.8 Å². The summed E-state index contributed by atoms with van der Waals surface area (Å²) in [4.78, 5) is 75.4. The maximum absolute atomic E-state index is 4.79. The van der Waals surface area contributed by atoms with Gasteiger partial charge in [-0.15, -0.1) is 0 Å². The van der Waals surface area contributed by atoms with Gasteiger partial charge < -0.3 is 0 Å². The van der Waals surface area contributed by atoms with Crippen molar-refractivity contribution in [2.45, 2.75) is 186 Å². The van der Waals surface area contributed by atoms with E-state index in [1.165, 1.54) is 151 Å². The van der Waals surface area contributed by atoms with Crippen molar-refractivity contribution in [2.75, 3.05) is 0 Å². The summed E-state index contributed by atoms with van der Waals surface area (Å²) in [7, 11) is 0. The van der Waals surface area contributed by atoms with Gasteiger partial charge in [-0.25, -0.2) is 69.8 Å². The van der Waals surface area contributed by atoms with Crippen molar-refractivity contribution in [3.05, 3.63) is 334 Å². The van der Waals surface area contributed by atoms with E-state index in [1.807, 2.05) is 98.4 Å². The number of unbranched alkanes of at least 4 members (excludes halogenated alkanes) is 12. The Bertz CT molecular complexity index is 5410. The third kappa shape index (κ3) is 25.7. The SMILES string of the molecule is CCCCCCCCCCCCc1cnc(-c2nc(-c3ccc(C)cc3)nc(-c3ccc(C)cc3)n2)nc1.CCCCCCc1ccc(-c2nc(-c3ccc(C)cc3)nc(-c3ccc(C)cc3)n2)nc1.Cc1ccc(-c2nc(-c3ccc(C)cc3)nc(-c3ccc(C)cc3)n2)cc1.Cc1ccc(-c2nc(-c3ccc(C)cc3)nc(-c3ccc(C)nc3)n2)cc1. The van der Waals surface area contributed by atoms with Crippen molar-refractivity contribution in [2.24, 2.45) is 0 Å². The van der Waals surface area contributed by atoms with Gasteiger partial charge in [0.25, 0.3) is 0 Å². The molecule has 0 aliphatic carbocycles. The van der Waals surface area contributed by atoms with Crippen LogP contribution >= 0.6 is 0 Å². The van der Waals surface area contributed by atoms with Crippen molar-refractivity contribution in [3.63, 3.8) is 0 Å². The Morgan fingerprint density at radius 1 is 0.161 bits per heavy atom. The Kier molecular flexibility index (Phi) is 31.5. The van der Waals surface area contributed by atoms with Crippen molar-refractivity contribution in [1.29, 1.82) is 0 Å². The summed E-state index contributed by atoms with van der Waals surface area (Å²) in [6.45, 7) is 25.1. The summed E-state index contributed by atoms with van der Waals surface area (Å²) in [5, 5.41) is 0. The lowest BCUT2D eigenvalue weighted by atomic mass is 10.0. The predicted octanol–water partition coefficient (Wildman–Crippen LogP) is 26.7. The van der Waals surface area contributed by atoms with Crippen LogP contribution in [0.5, 0.6) is 0 Å². The molecule has 16 heteroatoms. The van der Waals surface area contributed by atoms with Gasteiger partial charge in [-0.1, -0.05) is 365 Å². The molecule has 7 heterocycles. The molecule has 9 aromatic carbocycles. The molecule has 0 aliphatic heterocycles. The second-order valence-electron chi connectivity index (χ2n) is 32.4. The largest absolute Gasteiger partial charge is 0.261 e. The molecule has 7 aromatic heterocycles. The van der Waals surface area contributed by atoms with E-state index in [0.29, 0.717) is 75.7 Å². The van der Waals surface area contributed by atoms with Crippen molar-refractivity contribution < 1.29 is 0 Å². The molecule has 16 aromatic rings. The maximum Gasteiger partial charge on any atom is 0.201 e. The number of pyridine rings is 2. The Hall–Kier alpha value is -13.6. The standard InChI is InChI=1S/C33H41N5.C28H30N4.C24H21N3.C23H20N4/c1-4-5-6-7-8-9-10-11-12-13-14-27-23-34-32(35-24-27)33-37-30(28-19-15-25(2)16-20-28)36-31(38-33)29-21-17-26(3)18-22-29;1-4-5-6-7-8-22-13-18-25(29-19-22)28-31-26(23-14-9-20(2)10-15-23)30-27(32-28)24-16-11-21(3)12-17-24;1-16-4-10-19(11-5-16)22-25-23(20-12-6-17(2)7-13-20)27-24(26-22)21-14-8-18(3)9-15-21;1-15-4-9-18(10-5-15)21-25-22(19-11-6-16(2)7-12-19)27-23(26-21)20-13-8-17(3)24-14-20/h15-24H,4-14H2,1-3H3;9-19H,4-8H2,1-3H3;4-15H,1-3H3;4-14H,1-3H3. The number of hydrogen-bond donors (Lipinski definition) is 0. The second kappa shape index (κ2) is 44.3. The number of hydrogen-bond acceptors (Lipinski definition) is 16. The summed E-state index contributed by atoms with van der Waals surface area (Å²) in [6, 6.07) is 82.4. The minimum absolute atomic E-state index is 0.497. The number of benzene rings is 9. The first-order valence-electron chi connectivity index (χ1n) is 43.8. The smallest absolute Gasteiger partial charge is 0.201 e. The van der Waals surface area contributed by atoms with E-state index in [4.69, 9.17) is 64.8 Å². The summed E-state index contributed by atoms with van der Waals surface area (Å²) in [5.74, 6) is 8.24. The van der Waals surface area contributed by atoms with Crippen LogP contribution in [-0.4, -0.2) is 79.7 Å². The van der Waals surface area contributed by atoms with Gasteiger partial charge in [0.05, 0.1) is 0 Å². The van der Waals surface area contributed by atoms with Crippen LogP contribution in [0.4, 0.5) is 0 Å². The topological polar surface area (TPSA) is 206 Å². The van der Waals surface area contributed by atoms with Gasteiger partial charge in [-0.2, -0.15) is 0 Å². The number of rotatable bonds is 28. The zero-order chi connectivity index (χ0) is 86.5. The molecule has 0 spiro atoms. The first-order chi connectivity index (χ1) is 60.4. The molecule has 124 heavy (non-hydrogen) atoms. The Labute approximate surface area is 732 Å². The van der Waals surface area contributed by atoms with Crippen LogP contribution in [0, 0.1) is 69.2 Å². The van der Waals surface area contributed by atoms with Crippen LogP contribution in [0.15, 0.2) is 267 Å². The molecule has 0 radical (unpaired) electrons. The van der Waals surface area contributed by atoms with E-state index < -0.39 is 0 Å². The van der Waals surface area contributed by atoms with E-state index in [2.05, 4.69) is 267 Å². The quantitative estimate of drug-likeness (QED) is 0.0418. The first kappa shape index (κ1) is 88.2. The zero-order valence-electron chi connectivity index (χ0n) is 73.9. The average molecular weight is 1630 g/mol. The summed E-state index contributed by atoms with van der Waals surface area (Å²) < 4.78 is 0. The minimum atomic E-state index is 0.497. The van der Waals surface area contributed by atoms with Crippen LogP contribution < -0.4 is 0 Å². The molecule has 0 unspecified atom stereocenters. The highest BCUT2D eigenvalue weighted by Gasteiger charge is 2.19. The fourth-order valence-electron chi connectivity index (χ4n) is 13.8. The molecular weight excluding hydrogens is 1520 g/mol. The van der Waals surface area contributed by atoms with Crippen LogP contribution in [0.1, 0.15) is 171 Å². The molecule has 0 aliphatic rings. The van der Waals surface area contributed by atoms with E-state index in [9.17, 15) is 0 Å². The van der Waals surface area contributed by atoms with Gasteiger partial charge in [0.2, 0.25) is 5.82 Å². The molecule has 0 fully saturated rings. The van der Waals surface area contributed by atoms with Crippen LogP contribution in [0.2, 0.25) is 0 Å². The van der Waals surface area contributed by atoms with Crippen LogP contribution in [0.25, 0.3) is 137 Å². The first-order valence-corrected chi connectivity index (χ1v) is 43.8. The van der Waals surface area contributed by atoms with Crippen molar-refractivity contribution in [1.82, 2.24) is 79.7 Å². The number of aromatic nitrogens is 16. The minimum Gasteiger partial charge on any atom is -0.261 e. The lowest BCUT2D eigenvalue weighted by molar-refractivity contribution is 0.556. The monoisotopic (exact) mass is 1630 g/mol. The molecule has 0 N–H and O–H groups in total. The molecule has 0 amide bonds. The highest BCUT2D eigenvalue weighted by atomic mass is 15.1. The number of aryl methyl sites for hydroxylation is 12. The van der Waals surface area contributed by atoms with Gasteiger partial charge >= 0.3 is 0 Å². The third-order valence-corrected chi connectivity index (χ3v) is 21.6. The van der Waals surface area contributed by atoms with Crippen LogP contribution in [0.3, 0.4) is 0 Å². The molecule has 0 bridgehead atoms. The van der Waals surface area contributed by atoms with E-state index >= 15 is 0 Å². The lowest BCUT2D eigenvalue weighted by Gasteiger charge is -2.09. The molecule has 624 valence electrons. The van der Waals surface area contributed by atoms with E-state index in [1.54, 1.807) is 0 Å². The van der Waals surface area contributed by atoms with Crippen molar-refractivity contribution >= 4 is 0 Å². The number of nitrogens with zero attached hydrogens (tertiary/aromatic N) is 16. The molecular formula is C108H112N16. The normalized spacial score (nSPS) is 10.9. The van der Waals surface area contributed by atoms with Gasteiger partial charge in [-0.05, 0) is 124 Å². The third-order valence-electron chi connectivity index (χ3n) is 21.6. The van der Waals surface area contributed by atoms with Crippen molar-refractivity contribution in [3.8, 4) is 137 Å². The summed E-state index contributed by atoms with van der Waals surface area (Å²) in [6.07, 6.45) is 28.1. The zero-order valence-corrected chi connectivity index (χ0v) is 73.9. The second-order valence-corrected chi connectivity index (χ2v) is 32.4. The molecule has 0 atom stereocenters. The molecule has 0 saturated carbocycles. The summed E-state index contributed by atoms with van der Waals surface area (Å²) >= 11 is 0. The van der Waals surface area contributed by atoms with Gasteiger partial charge in [0.1, 0.15) is 5.69 Å². The van der Waals surface area contributed by atoms with Gasteiger partial charge in [0, 0.05) is 86.1 Å². The summed E-state index contributed by atoms with van der Waals surface area (Å²) in [5.41, 5.74) is 24.6. The maximum atomic E-state index is 4.79. The molecule has 16 nitrogen and oxygen atoms in total. The lowest BCUT2D eigenvalue weighted by Crippen LogP contribution is -2.03. The Morgan fingerprint density at radius 2 is 0.379 bits per heavy atom. The fourth-order valence-corrected chi connectivity index (χ4v) is 13.8. The van der Waals surface area contributed by atoms with E-state index in [0.717, 1.165) is 79.9 Å². The average Bonchev–Trinajstić information content (AvgIpc) is 0.815. The molecule has 16 rings (SSSR count). The van der Waals surface area contributed by atoms with Gasteiger partial charge in [-0.3, -0.25) is 9.97 Å². The highest BCUT2D eigenvalue weighted by molar-refractivity contribution is 5.71. The Morgan fingerprint density at radius 3 is 0.629 bits per heavy atom.